The Kier molecular flexibility index (Phi) is 3.51. The summed E-state index contributed by atoms with van der Waals surface area (Å²) < 4.78 is 1.18. The molecule has 0 saturated carbocycles. The fourth-order valence-electron chi connectivity index (χ4n) is 2.47. The molecule has 1 aromatic carbocycles. The predicted molar refractivity (Wildman–Crippen MR) is 76.8 cm³/mol. The number of hydrogen-bond donors (Lipinski definition) is 0. The molecule has 6 heteroatoms. The van der Waals surface area contributed by atoms with Gasteiger partial charge in [0.15, 0.2) is 0 Å². The third kappa shape index (κ3) is 2.69. The first-order chi connectivity index (χ1) is 10.1. The fraction of sp³-hybridized carbons (Fsp3) is 0.333. The molecule has 1 saturated heterocycles. The smallest absolute Gasteiger partial charge is 0.275 e. The van der Waals surface area contributed by atoms with Crippen molar-refractivity contribution in [1.29, 1.82) is 0 Å². The third-order valence-electron chi connectivity index (χ3n) is 3.72. The van der Waals surface area contributed by atoms with Crippen molar-refractivity contribution in [3.05, 3.63) is 40.8 Å². The Morgan fingerprint density at radius 3 is 2.62 bits per heavy atom. The van der Waals surface area contributed by atoms with E-state index in [4.69, 9.17) is 0 Å². The van der Waals surface area contributed by atoms with Gasteiger partial charge in [-0.25, -0.2) is 4.68 Å². The summed E-state index contributed by atoms with van der Waals surface area (Å²) in [6, 6.07) is 7.15. The van der Waals surface area contributed by atoms with Crippen LogP contribution in [0, 0.1) is 0 Å². The van der Waals surface area contributed by atoms with E-state index in [0.717, 1.165) is 5.39 Å². The van der Waals surface area contributed by atoms with Crippen LogP contribution in [-0.2, 0) is 16.1 Å². The molecule has 0 atom stereocenters. The zero-order valence-corrected chi connectivity index (χ0v) is 11.5. The minimum absolute atomic E-state index is 0.0855. The summed E-state index contributed by atoms with van der Waals surface area (Å²) in [6.07, 6.45) is 2.38. The standard InChI is InChI=1S/C15H15N3O3/c19-12-5-7-17(8-6-12)14(20)10-18-15(21)13-4-2-1-3-11(13)9-16-18/h1-4,9H,5-8,10H2. The van der Waals surface area contributed by atoms with Gasteiger partial charge in [-0.2, -0.15) is 5.10 Å². The lowest BCUT2D eigenvalue weighted by molar-refractivity contribution is -0.135. The molecule has 2 heterocycles. The normalized spacial score (nSPS) is 15.4. The third-order valence-corrected chi connectivity index (χ3v) is 3.72. The second-order valence-corrected chi connectivity index (χ2v) is 5.11. The SMILES string of the molecule is O=C1CCN(C(=O)Cn2ncc3ccccc3c2=O)CC1. The average Bonchev–Trinajstić information content (AvgIpc) is 2.51. The molecule has 2 aromatic rings. The number of Topliss-reactive ketones (excluding diaryl/α,β-unsaturated/α-hetero) is 1. The van der Waals surface area contributed by atoms with Crippen LogP contribution in [0.25, 0.3) is 10.8 Å². The number of hydrogen-bond acceptors (Lipinski definition) is 4. The van der Waals surface area contributed by atoms with Crippen LogP contribution in [0.4, 0.5) is 0 Å². The molecule has 0 unspecified atom stereocenters. The van der Waals surface area contributed by atoms with Crippen LogP contribution >= 0.6 is 0 Å². The van der Waals surface area contributed by atoms with Gasteiger partial charge >= 0.3 is 0 Å². The summed E-state index contributed by atoms with van der Waals surface area (Å²) >= 11 is 0. The summed E-state index contributed by atoms with van der Waals surface area (Å²) in [5.74, 6) is 0.00688. The Morgan fingerprint density at radius 2 is 1.86 bits per heavy atom. The number of carbonyl (C=O) groups excluding carboxylic acids is 2. The highest BCUT2D eigenvalue weighted by Crippen LogP contribution is 2.08. The van der Waals surface area contributed by atoms with Crippen LogP contribution in [-0.4, -0.2) is 39.5 Å². The molecule has 3 rings (SSSR count). The van der Waals surface area contributed by atoms with Crippen molar-refractivity contribution >= 4 is 22.5 Å². The molecule has 21 heavy (non-hydrogen) atoms. The first kappa shape index (κ1) is 13.5. The number of likely N-dealkylation sites (tertiary alicyclic amines) is 1. The number of fused-ring (bicyclic) bond motifs is 1. The van der Waals surface area contributed by atoms with Crippen molar-refractivity contribution in [3.63, 3.8) is 0 Å². The maximum atomic E-state index is 12.3. The summed E-state index contributed by atoms with van der Waals surface area (Å²) in [5.41, 5.74) is -0.269. The molecule has 6 nitrogen and oxygen atoms in total. The fourth-order valence-corrected chi connectivity index (χ4v) is 2.47. The molecular weight excluding hydrogens is 270 g/mol. The van der Waals surface area contributed by atoms with Crippen LogP contribution in [0.15, 0.2) is 35.3 Å². The lowest BCUT2D eigenvalue weighted by atomic mass is 10.1. The van der Waals surface area contributed by atoms with Gasteiger partial charge in [-0.1, -0.05) is 18.2 Å². The van der Waals surface area contributed by atoms with Gasteiger partial charge in [-0.15, -0.1) is 0 Å². The van der Waals surface area contributed by atoms with Gasteiger partial charge in [-0.3, -0.25) is 14.4 Å². The number of piperidine rings is 1. The van der Waals surface area contributed by atoms with E-state index in [2.05, 4.69) is 5.10 Å². The molecule has 1 aliphatic rings. The van der Waals surface area contributed by atoms with E-state index >= 15 is 0 Å². The quantitative estimate of drug-likeness (QED) is 0.809. The van der Waals surface area contributed by atoms with Crippen LogP contribution in [0.1, 0.15) is 12.8 Å². The molecule has 1 amide bonds. The number of carbonyl (C=O) groups is 2. The maximum Gasteiger partial charge on any atom is 0.275 e. The van der Waals surface area contributed by atoms with Gasteiger partial charge in [0.1, 0.15) is 12.3 Å². The molecule has 1 aliphatic heterocycles. The van der Waals surface area contributed by atoms with Crippen LogP contribution in [0.3, 0.4) is 0 Å². The number of benzene rings is 1. The minimum atomic E-state index is -0.269. The molecule has 108 valence electrons. The first-order valence-corrected chi connectivity index (χ1v) is 6.89. The van der Waals surface area contributed by atoms with Crippen LogP contribution in [0.2, 0.25) is 0 Å². The average molecular weight is 285 g/mol. The van der Waals surface area contributed by atoms with Crippen LogP contribution < -0.4 is 5.56 Å². The lowest BCUT2D eigenvalue weighted by Gasteiger charge is -2.26. The van der Waals surface area contributed by atoms with Gasteiger partial charge in [0.2, 0.25) is 5.91 Å². The zero-order valence-electron chi connectivity index (χ0n) is 11.5. The van der Waals surface area contributed by atoms with Crippen molar-refractivity contribution in [3.8, 4) is 0 Å². The molecule has 0 N–H and O–H groups in total. The van der Waals surface area contributed by atoms with E-state index in [9.17, 15) is 14.4 Å². The Morgan fingerprint density at radius 1 is 1.14 bits per heavy atom. The van der Waals surface area contributed by atoms with Gasteiger partial charge in [-0.05, 0) is 6.07 Å². The predicted octanol–water partition coefficient (Wildman–Crippen LogP) is 0.588. The van der Waals surface area contributed by atoms with E-state index < -0.39 is 0 Å². The second kappa shape index (κ2) is 5.47. The Hall–Kier alpha value is -2.50. The number of amides is 1. The highest BCUT2D eigenvalue weighted by Gasteiger charge is 2.21. The molecule has 1 fully saturated rings. The zero-order chi connectivity index (χ0) is 14.8. The Labute approximate surface area is 121 Å². The molecule has 0 spiro atoms. The molecule has 0 radical (unpaired) electrons. The molecule has 0 bridgehead atoms. The number of nitrogens with zero attached hydrogens (tertiary/aromatic N) is 3. The highest BCUT2D eigenvalue weighted by molar-refractivity contribution is 5.84. The number of ketones is 1. The lowest BCUT2D eigenvalue weighted by Crippen LogP contribution is -2.42. The van der Waals surface area contributed by atoms with E-state index in [1.54, 1.807) is 23.2 Å². The molecule has 0 aliphatic carbocycles. The summed E-state index contributed by atoms with van der Waals surface area (Å²) in [5, 5.41) is 5.36. The first-order valence-electron chi connectivity index (χ1n) is 6.89. The monoisotopic (exact) mass is 285 g/mol. The number of aromatic nitrogens is 2. The summed E-state index contributed by atoms with van der Waals surface area (Å²) in [4.78, 5) is 37.3. The van der Waals surface area contributed by atoms with Crippen molar-refractivity contribution in [2.75, 3.05) is 13.1 Å². The topological polar surface area (TPSA) is 72.3 Å². The maximum absolute atomic E-state index is 12.3. The van der Waals surface area contributed by atoms with E-state index in [1.165, 1.54) is 4.68 Å². The Bertz CT molecular complexity index is 756. The number of rotatable bonds is 2. The van der Waals surface area contributed by atoms with Crippen molar-refractivity contribution in [2.45, 2.75) is 19.4 Å². The van der Waals surface area contributed by atoms with Gasteiger partial charge in [0, 0.05) is 31.3 Å². The van der Waals surface area contributed by atoms with E-state index in [-0.39, 0.29) is 23.8 Å². The van der Waals surface area contributed by atoms with Gasteiger partial charge in [0.25, 0.3) is 5.56 Å². The molecular formula is C15H15N3O3. The van der Waals surface area contributed by atoms with Crippen molar-refractivity contribution in [2.24, 2.45) is 0 Å². The summed E-state index contributed by atoms with van der Waals surface area (Å²) in [6.45, 7) is 0.776. The largest absolute Gasteiger partial charge is 0.340 e. The minimum Gasteiger partial charge on any atom is -0.340 e. The second-order valence-electron chi connectivity index (χ2n) is 5.11. The molecule has 1 aromatic heterocycles. The summed E-state index contributed by atoms with van der Waals surface area (Å²) in [7, 11) is 0. The van der Waals surface area contributed by atoms with Crippen molar-refractivity contribution < 1.29 is 9.59 Å². The van der Waals surface area contributed by atoms with Crippen molar-refractivity contribution in [1.82, 2.24) is 14.7 Å². The Balaban J connectivity index is 1.82. The van der Waals surface area contributed by atoms with Gasteiger partial charge < -0.3 is 4.90 Å². The van der Waals surface area contributed by atoms with Gasteiger partial charge in [0.05, 0.1) is 11.6 Å². The van der Waals surface area contributed by atoms with Crippen LogP contribution in [0.5, 0.6) is 0 Å². The van der Waals surface area contributed by atoms with E-state index in [1.807, 2.05) is 12.1 Å². The van der Waals surface area contributed by atoms with E-state index in [0.29, 0.717) is 31.3 Å². The highest BCUT2D eigenvalue weighted by atomic mass is 16.2.